The first-order valence-corrected chi connectivity index (χ1v) is 7.03. The summed E-state index contributed by atoms with van der Waals surface area (Å²) in [4.78, 5) is 21.2. The van der Waals surface area contributed by atoms with Crippen LogP contribution in [0.15, 0.2) is 30.4 Å². The van der Waals surface area contributed by atoms with Gasteiger partial charge in [-0.3, -0.25) is 14.9 Å². The molecule has 20 heavy (non-hydrogen) atoms. The maximum atomic E-state index is 10.9. The van der Waals surface area contributed by atoms with Crippen LogP contribution in [0.3, 0.4) is 0 Å². The Bertz CT molecular complexity index is 495. The number of amides is 1. The molecule has 7 nitrogen and oxygen atoms in total. The number of hydrogen-bond acceptors (Lipinski definition) is 7. The number of nitro groups is 1. The van der Waals surface area contributed by atoms with Gasteiger partial charge in [0.1, 0.15) is 5.69 Å². The fraction of sp³-hybridized carbons (Fsp3) is 0.182. The minimum absolute atomic E-state index is 0.102. The molecule has 0 aliphatic carbocycles. The molecule has 0 fully saturated rings. The van der Waals surface area contributed by atoms with Crippen LogP contribution in [-0.2, 0) is 0 Å². The first kappa shape index (κ1) is 18.3. The Morgan fingerprint density at radius 3 is 2.55 bits per heavy atom. The van der Waals surface area contributed by atoms with Crippen molar-refractivity contribution in [2.75, 3.05) is 18.4 Å². The largest absolute Gasteiger partial charge is 0.376 e. The fourth-order valence-electron chi connectivity index (χ4n) is 1.33. The molecular weight excluding hydrogens is 300 g/mol. The Hall–Kier alpha value is -1.71. The molecule has 0 spiro atoms. The van der Waals surface area contributed by atoms with E-state index in [0.717, 1.165) is 6.07 Å². The van der Waals surface area contributed by atoms with Crippen LogP contribution in [-0.4, -0.2) is 23.9 Å². The normalized spacial score (nSPS) is 9.75. The molecule has 0 radical (unpaired) electrons. The van der Waals surface area contributed by atoms with E-state index in [4.69, 9.17) is 11.5 Å². The third kappa shape index (κ3) is 5.95. The van der Waals surface area contributed by atoms with Gasteiger partial charge in [-0.2, -0.15) is 0 Å². The van der Waals surface area contributed by atoms with Gasteiger partial charge < -0.3 is 16.8 Å². The molecule has 1 aromatic rings. The van der Waals surface area contributed by atoms with Crippen LogP contribution in [0.4, 0.5) is 11.4 Å². The summed E-state index contributed by atoms with van der Waals surface area (Å²) < 4.78 is 0. The van der Waals surface area contributed by atoms with Crippen molar-refractivity contribution < 1.29 is 9.72 Å². The number of primary amides is 1. The molecule has 1 amide bonds. The van der Waals surface area contributed by atoms with Crippen molar-refractivity contribution in [3.05, 3.63) is 46.0 Å². The number of nitrogens with zero attached hydrogens (tertiary/aromatic N) is 1. The summed E-state index contributed by atoms with van der Waals surface area (Å²) >= 11 is 6.44. The zero-order valence-corrected chi connectivity index (χ0v) is 12.3. The molecule has 0 aliphatic rings. The van der Waals surface area contributed by atoms with Gasteiger partial charge in [-0.15, -0.1) is 23.3 Å². The Kier molecular flexibility index (Phi) is 9.26. The molecule has 0 saturated heterocycles. The third-order valence-electron chi connectivity index (χ3n) is 2.19. The topological polar surface area (TPSA) is 124 Å². The summed E-state index contributed by atoms with van der Waals surface area (Å²) in [7, 11) is 0. The van der Waals surface area contributed by atoms with E-state index in [1.165, 1.54) is 12.1 Å². The highest BCUT2D eigenvalue weighted by atomic mass is 33.1. The summed E-state index contributed by atoms with van der Waals surface area (Å²) in [6, 6.07) is 4.04. The van der Waals surface area contributed by atoms with Crippen LogP contribution in [0.2, 0.25) is 0 Å². The Morgan fingerprint density at radius 1 is 1.40 bits per heavy atom. The number of benzene rings is 1. The van der Waals surface area contributed by atoms with Crippen molar-refractivity contribution in [1.82, 2.24) is 0 Å². The molecular formula is C11H16N4O3S2. The van der Waals surface area contributed by atoms with Gasteiger partial charge >= 0.3 is 0 Å². The van der Waals surface area contributed by atoms with Gasteiger partial charge in [0.25, 0.3) is 5.69 Å². The lowest BCUT2D eigenvalue weighted by atomic mass is 10.1. The first-order chi connectivity index (χ1) is 9.56. The average molecular weight is 316 g/mol. The van der Waals surface area contributed by atoms with E-state index in [9.17, 15) is 14.9 Å². The molecule has 0 atom stereocenters. The second-order valence-corrected chi connectivity index (χ2v) is 3.44. The second kappa shape index (κ2) is 10.1. The van der Waals surface area contributed by atoms with E-state index in [1.54, 1.807) is 12.2 Å². The van der Waals surface area contributed by atoms with Crippen molar-refractivity contribution in [3.8, 4) is 0 Å². The van der Waals surface area contributed by atoms with Crippen molar-refractivity contribution in [1.29, 1.82) is 0 Å². The van der Waals surface area contributed by atoms with Crippen molar-refractivity contribution in [2.45, 2.75) is 0 Å². The second-order valence-electron chi connectivity index (χ2n) is 3.44. The lowest BCUT2D eigenvalue weighted by Gasteiger charge is -2.05. The summed E-state index contributed by atoms with van der Waals surface area (Å²) in [6.07, 6.45) is 3.49. The van der Waals surface area contributed by atoms with Crippen LogP contribution in [0.25, 0.3) is 0 Å². The molecule has 0 heterocycles. The number of rotatable bonds is 6. The van der Waals surface area contributed by atoms with E-state index < -0.39 is 10.8 Å². The summed E-state index contributed by atoms with van der Waals surface area (Å²) in [5.74, 6) is -0.701. The SMILES string of the molecule is NC/C=C/CNc1ccc(C(N)=O)cc1[N+](=O)[O-].SS. The van der Waals surface area contributed by atoms with Crippen LogP contribution in [0, 0.1) is 10.1 Å². The molecule has 0 aliphatic heterocycles. The molecule has 0 unspecified atom stereocenters. The zero-order valence-electron chi connectivity index (χ0n) is 10.5. The number of anilines is 1. The van der Waals surface area contributed by atoms with E-state index in [2.05, 4.69) is 28.6 Å². The number of thiol groups is 2. The Morgan fingerprint density at radius 2 is 2.05 bits per heavy atom. The number of carbonyl (C=O) groups excluding carboxylic acids is 1. The molecule has 0 bridgehead atoms. The van der Waals surface area contributed by atoms with Gasteiger partial charge in [0.05, 0.1) is 4.92 Å². The first-order valence-electron chi connectivity index (χ1n) is 5.43. The summed E-state index contributed by atoms with van der Waals surface area (Å²) in [5.41, 5.74) is 10.6. The predicted octanol–water partition coefficient (Wildman–Crippen LogP) is 1.38. The maximum Gasteiger partial charge on any atom is 0.293 e. The van der Waals surface area contributed by atoms with Crippen LogP contribution >= 0.6 is 23.3 Å². The minimum atomic E-state index is -0.701. The van der Waals surface area contributed by atoms with Gasteiger partial charge in [0.2, 0.25) is 5.91 Å². The molecule has 5 N–H and O–H groups in total. The number of hydrogen-bond donors (Lipinski definition) is 5. The number of nitrogens with one attached hydrogen (secondary N) is 1. The monoisotopic (exact) mass is 316 g/mol. The van der Waals surface area contributed by atoms with E-state index in [1.807, 2.05) is 0 Å². The molecule has 0 saturated carbocycles. The Balaban J connectivity index is 0.00000172. The van der Waals surface area contributed by atoms with Gasteiger partial charge in [-0.1, -0.05) is 12.2 Å². The standard InChI is InChI=1S/C11H14N4O3.H2S2/c12-5-1-2-6-14-9-4-3-8(11(13)16)7-10(9)15(17)18;1-2/h1-4,7,14H,5-6,12H2,(H2,13,16);1-2H/b2-1+;. The molecule has 9 heteroatoms. The molecule has 1 rings (SSSR count). The quantitative estimate of drug-likeness (QED) is 0.178. The number of nitro benzene ring substituents is 1. The summed E-state index contributed by atoms with van der Waals surface area (Å²) in [5, 5.41) is 13.7. The van der Waals surface area contributed by atoms with Crippen molar-refractivity contribution >= 4 is 40.6 Å². The maximum absolute atomic E-state index is 10.9. The predicted molar refractivity (Wildman–Crippen MR) is 86.3 cm³/mol. The lowest BCUT2D eigenvalue weighted by Crippen LogP contribution is -2.12. The highest BCUT2D eigenvalue weighted by Gasteiger charge is 2.15. The molecule has 110 valence electrons. The minimum Gasteiger partial charge on any atom is -0.376 e. The number of nitrogens with two attached hydrogens (primary N) is 2. The lowest BCUT2D eigenvalue weighted by molar-refractivity contribution is -0.384. The van der Waals surface area contributed by atoms with Gasteiger partial charge in [0, 0.05) is 24.7 Å². The van der Waals surface area contributed by atoms with Gasteiger partial charge in [-0.25, -0.2) is 0 Å². The van der Waals surface area contributed by atoms with Crippen LogP contribution in [0.1, 0.15) is 10.4 Å². The van der Waals surface area contributed by atoms with Crippen molar-refractivity contribution in [3.63, 3.8) is 0 Å². The summed E-state index contributed by atoms with van der Waals surface area (Å²) in [6.45, 7) is 0.818. The highest BCUT2D eigenvalue weighted by Crippen LogP contribution is 2.25. The smallest absolute Gasteiger partial charge is 0.293 e. The third-order valence-corrected chi connectivity index (χ3v) is 2.19. The highest BCUT2D eigenvalue weighted by molar-refractivity contribution is 8.59. The van der Waals surface area contributed by atoms with E-state index in [0.29, 0.717) is 18.8 Å². The molecule has 0 aromatic heterocycles. The van der Waals surface area contributed by atoms with Gasteiger partial charge in [-0.05, 0) is 12.1 Å². The molecule has 1 aromatic carbocycles. The van der Waals surface area contributed by atoms with E-state index in [-0.39, 0.29) is 11.3 Å². The average Bonchev–Trinajstić information content (AvgIpc) is 2.45. The van der Waals surface area contributed by atoms with Gasteiger partial charge in [0.15, 0.2) is 0 Å². The fourth-order valence-corrected chi connectivity index (χ4v) is 1.33. The van der Waals surface area contributed by atoms with Crippen LogP contribution < -0.4 is 16.8 Å². The Labute approximate surface area is 126 Å². The van der Waals surface area contributed by atoms with E-state index >= 15 is 0 Å². The zero-order chi connectivity index (χ0) is 15.5. The van der Waals surface area contributed by atoms with Crippen molar-refractivity contribution in [2.24, 2.45) is 11.5 Å². The van der Waals surface area contributed by atoms with Crippen LogP contribution in [0.5, 0.6) is 0 Å². The number of carbonyl (C=O) groups is 1.